The summed E-state index contributed by atoms with van der Waals surface area (Å²) in [6.07, 6.45) is 7.16. The van der Waals surface area contributed by atoms with Crippen molar-refractivity contribution in [3.8, 4) is 0 Å². The molecule has 0 aliphatic carbocycles. The minimum absolute atomic E-state index is 0.458. The Balaban J connectivity index is 2.56. The van der Waals surface area contributed by atoms with Crippen molar-refractivity contribution < 1.29 is 14.6 Å². The van der Waals surface area contributed by atoms with Gasteiger partial charge < -0.3 is 15.2 Å². The van der Waals surface area contributed by atoms with Gasteiger partial charge in [-0.15, -0.1) is 0 Å². The molecular formula is C17H27NO3. The lowest BCUT2D eigenvalue weighted by molar-refractivity contribution is -0.159. The number of aliphatic carboxylic acids is 1. The van der Waals surface area contributed by atoms with Crippen LogP contribution in [0, 0.1) is 0 Å². The van der Waals surface area contributed by atoms with Crippen LogP contribution >= 0.6 is 0 Å². The molecule has 1 rings (SSSR count). The van der Waals surface area contributed by atoms with E-state index < -0.39 is 11.7 Å². The molecule has 0 bridgehead atoms. The molecule has 0 aromatic heterocycles. The van der Waals surface area contributed by atoms with Crippen LogP contribution in [-0.4, -0.2) is 23.9 Å². The van der Waals surface area contributed by atoms with Gasteiger partial charge in [0.1, 0.15) is 0 Å². The van der Waals surface area contributed by atoms with Crippen LogP contribution in [0.4, 0.5) is 5.69 Å². The Kier molecular flexibility index (Phi) is 7.83. The van der Waals surface area contributed by atoms with E-state index in [2.05, 4.69) is 12.2 Å². The summed E-state index contributed by atoms with van der Waals surface area (Å²) in [6.45, 7) is 2.18. The smallest absolute Gasteiger partial charge is 0.357 e. The highest BCUT2D eigenvalue weighted by Gasteiger charge is 2.38. The number of carbonyl (C=O) groups is 1. The average Bonchev–Trinajstić information content (AvgIpc) is 2.50. The number of anilines is 1. The molecule has 21 heavy (non-hydrogen) atoms. The number of unbranched alkanes of at least 4 members (excludes halogenated alkanes) is 5. The minimum Gasteiger partial charge on any atom is -0.478 e. The number of ether oxygens (including phenoxy) is 1. The Bertz CT molecular complexity index is 408. The van der Waals surface area contributed by atoms with Crippen molar-refractivity contribution in [2.75, 3.05) is 12.4 Å². The van der Waals surface area contributed by atoms with Crippen LogP contribution in [0.5, 0.6) is 0 Å². The second-order valence-electron chi connectivity index (χ2n) is 5.35. The molecule has 1 aromatic carbocycles. The molecule has 1 aromatic rings. The highest BCUT2D eigenvalue weighted by molar-refractivity contribution is 5.80. The van der Waals surface area contributed by atoms with Gasteiger partial charge in [-0.1, -0.05) is 57.2 Å². The van der Waals surface area contributed by atoms with E-state index in [0.717, 1.165) is 24.9 Å². The third-order valence-electron chi connectivity index (χ3n) is 3.70. The molecule has 1 unspecified atom stereocenters. The predicted octanol–water partition coefficient (Wildman–Crippen LogP) is 4.28. The van der Waals surface area contributed by atoms with Crippen molar-refractivity contribution in [1.29, 1.82) is 0 Å². The summed E-state index contributed by atoms with van der Waals surface area (Å²) in [7, 11) is 1.45. The molecule has 0 radical (unpaired) electrons. The van der Waals surface area contributed by atoms with Gasteiger partial charge in [0.25, 0.3) is 0 Å². The quantitative estimate of drug-likeness (QED) is 0.472. The molecule has 0 aliphatic rings. The van der Waals surface area contributed by atoms with Crippen LogP contribution in [0.2, 0.25) is 0 Å². The summed E-state index contributed by atoms with van der Waals surface area (Å²) in [4.78, 5) is 11.6. The number of rotatable bonds is 11. The van der Waals surface area contributed by atoms with E-state index in [1.54, 1.807) is 0 Å². The Hall–Kier alpha value is -1.55. The molecular weight excluding hydrogens is 266 g/mol. The highest BCUT2D eigenvalue weighted by atomic mass is 16.5. The van der Waals surface area contributed by atoms with Crippen LogP contribution in [0.15, 0.2) is 30.3 Å². The summed E-state index contributed by atoms with van der Waals surface area (Å²) in [5, 5.41) is 12.6. The molecule has 2 N–H and O–H groups in total. The van der Waals surface area contributed by atoms with E-state index in [-0.39, 0.29) is 0 Å². The molecule has 4 heteroatoms. The average molecular weight is 293 g/mol. The highest BCUT2D eigenvalue weighted by Crippen LogP contribution is 2.23. The summed E-state index contributed by atoms with van der Waals surface area (Å²) in [5.41, 5.74) is -0.584. The maximum Gasteiger partial charge on any atom is 0.357 e. The Morgan fingerprint density at radius 2 is 1.76 bits per heavy atom. The lowest BCUT2D eigenvalue weighted by Crippen LogP contribution is -2.48. The number of nitrogens with one attached hydrogen (secondary N) is 1. The zero-order chi connectivity index (χ0) is 15.6. The normalized spacial score (nSPS) is 13.6. The van der Waals surface area contributed by atoms with Crippen LogP contribution in [0.1, 0.15) is 51.9 Å². The maximum absolute atomic E-state index is 11.6. The van der Waals surface area contributed by atoms with E-state index in [9.17, 15) is 9.90 Å². The molecule has 0 saturated heterocycles. The van der Waals surface area contributed by atoms with Gasteiger partial charge in [0.2, 0.25) is 5.72 Å². The molecule has 0 heterocycles. The first-order valence-electron chi connectivity index (χ1n) is 7.76. The molecule has 0 spiro atoms. The topological polar surface area (TPSA) is 58.6 Å². The summed E-state index contributed by atoms with van der Waals surface area (Å²) < 4.78 is 5.32. The lowest BCUT2D eigenvalue weighted by Gasteiger charge is -2.30. The number of carboxylic acids is 1. The molecule has 1 atom stereocenters. The Labute approximate surface area is 127 Å². The fourth-order valence-corrected chi connectivity index (χ4v) is 2.37. The van der Waals surface area contributed by atoms with Gasteiger partial charge in [-0.05, 0) is 18.6 Å². The van der Waals surface area contributed by atoms with E-state index in [0.29, 0.717) is 6.42 Å². The fourth-order valence-electron chi connectivity index (χ4n) is 2.37. The van der Waals surface area contributed by atoms with E-state index in [1.165, 1.54) is 26.4 Å². The molecule has 118 valence electrons. The van der Waals surface area contributed by atoms with Gasteiger partial charge in [0, 0.05) is 19.2 Å². The number of methoxy groups -OCH3 is 1. The third kappa shape index (κ3) is 5.76. The molecule has 0 amide bonds. The second-order valence-corrected chi connectivity index (χ2v) is 5.35. The predicted molar refractivity (Wildman–Crippen MR) is 85.4 cm³/mol. The van der Waals surface area contributed by atoms with Gasteiger partial charge in [0.05, 0.1) is 0 Å². The molecule has 0 aliphatic heterocycles. The standard InChI is InChI=1S/C17H27NO3/c1-3-4-5-6-7-11-14-17(21-2,16(19)20)18-15-12-9-8-10-13-15/h8-10,12-13,18H,3-7,11,14H2,1-2H3,(H,19,20). The van der Waals surface area contributed by atoms with E-state index >= 15 is 0 Å². The van der Waals surface area contributed by atoms with E-state index in [1.807, 2.05) is 30.3 Å². The van der Waals surface area contributed by atoms with Gasteiger partial charge in [-0.3, -0.25) is 0 Å². The van der Waals surface area contributed by atoms with Crippen molar-refractivity contribution in [3.05, 3.63) is 30.3 Å². The van der Waals surface area contributed by atoms with Crippen LogP contribution < -0.4 is 5.32 Å². The second kappa shape index (κ2) is 9.40. The first-order valence-corrected chi connectivity index (χ1v) is 7.76. The number of hydrogen-bond donors (Lipinski definition) is 2. The maximum atomic E-state index is 11.6. The summed E-state index contributed by atoms with van der Waals surface area (Å²) >= 11 is 0. The lowest BCUT2D eigenvalue weighted by atomic mass is 10.0. The van der Waals surface area contributed by atoms with Crippen molar-refractivity contribution >= 4 is 11.7 Å². The monoisotopic (exact) mass is 293 g/mol. The molecule has 0 fully saturated rings. The zero-order valence-electron chi connectivity index (χ0n) is 13.1. The summed E-state index contributed by atoms with van der Waals surface area (Å²) in [6, 6.07) is 9.33. The van der Waals surface area contributed by atoms with Crippen molar-refractivity contribution in [2.24, 2.45) is 0 Å². The van der Waals surface area contributed by atoms with Crippen LogP contribution in [-0.2, 0) is 9.53 Å². The zero-order valence-corrected chi connectivity index (χ0v) is 13.1. The van der Waals surface area contributed by atoms with Gasteiger partial charge in [-0.25, -0.2) is 4.79 Å². The van der Waals surface area contributed by atoms with Crippen LogP contribution in [0.3, 0.4) is 0 Å². The Morgan fingerprint density at radius 3 is 2.33 bits per heavy atom. The minimum atomic E-state index is -1.34. The molecule has 0 saturated carbocycles. The number of para-hydroxylation sites is 1. The SMILES string of the molecule is CCCCCCCCC(Nc1ccccc1)(OC)C(=O)O. The summed E-state index contributed by atoms with van der Waals surface area (Å²) in [5.74, 6) is -0.970. The number of hydrogen-bond acceptors (Lipinski definition) is 3. The van der Waals surface area contributed by atoms with Gasteiger partial charge in [-0.2, -0.15) is 0 Å². The van der Waals surface area contributed by atoms with Crippen LogP contribution in [0.25, 0.3) is 0 Å². The Morgan fingerprint density at radius 1 is 1.14 bits per heavy atom. The molecule has 4 nitrogen and oxygen atoms in total. The third-order valence-corrected chi connectivity index (χ3v) is 3.70. The first-order chi connectivity index (χ1) is 10.1. The van der Waals surface area contributed by atoms with Crippen molar-refractivity contribution in [2.45, 2.75) is 57.6 Å². The van der Waals surface area contributed by atoms with Crippen molar-refractivity contribution in [1.82, 2.24) is 0 Å². The first kappa shape index (κ1) is 17.5. The van der Waals surface area contributed by atoms with Crippen molar-refractivity contribution in [3.63, 3.8) is 0 Å². The largest absolute Gasteiger partial charge is 0.478 e. The van der Waals surface area contributed by atoms with Gasteiger partial charge in [0.15, 0.2) is 0 Å². The fraction of sp³-hybridized carbons (Fsp3) is 0.588. The number of benzene rings is 1. The van der Waals surface area contributed by atoms with Gasteiger partial charge >= 0.3 is 5.97 Å². The number of carboxylic acid groups (broad SMARTS) is 1. The van der Waals surface area contributed by atoms with E-state index in [4.69, 9.17) is 4.74 Å².